The van der Waals surface area contributed by atoms with Crippen molar-refractivity contribution in [2.24, 2.45) is 0 Å². The van der Waals surface area contributed by atoms with Crippen LogP contribution in [0.2, 0.25) is 0 Å². The summed E-state index contributed by atoms with van der Waals surface area (Å²) in [5, 5.41) is 18.6. The summed E-state index contributed by atoms with van der Waals surface area (Å²) in [6.07, 6.45) is 4.14. The lowest BCUT2D eigenvalue weighted by Crippen LogP contribution is -2.09. The van der Waals surface area contributed by atoms with Gasteiger partial charge in [0.15, 0.2) is 0 Å². The van der Waals surface area contributed by atoms with E-state index in [2.05, 4.69) is 6.58 Å². The molecule has 1 aromatic carbocycles. The Bertz CT molecular complexity index is 676. The van der Waals surface area contributed by atoms with E-state index in [4.69, 9.17) is 0 Å². The van der Waals surface area contributed by atoms with Crippen LogP contribution < -0.4 is 0 Å². The van der Waals surface area contributed by atoms with Crippen molar-refractivity contribution in [1.82, 2.24) is 0 Å². The van der Waals surface area contributed by atoms with Crippen LogP contribution in [0.4, 0.5) is 0 Å². The molecule has 0 aliphatic rings. The van der Waals surface area contributed by atoms with Gasteiger partial charge in [0, 0.05) is 0 Å². The van der Waals surface area contributed by atoms with Crippen LogP contribution in [-0.4, -0.2) is 22.2 Å². The second-order valence-corrected chi connectivity index (χ2v) is 4.72. The quantitative estimate of drug-likeness (QED) is 0.620. The fourth-order valence-electron chi connectivity index (χ4n) is 1.80. The predicted octanol–water partition coefficient (Wildman–Crippen LogP) is 3.69. The zero-order valence-corrected chi connectivity index (χ0v) is 12.5. The van der Waals surface area contributed by atoms with Gasteiger partial charge in [-0.15, -0.1) is 0 Å². The second kappa shape index (κ2) is 7.78. The Morgan fingerprint density at radius 3 is 1.91 bits per heavy atom. The Kier molecular flexibility index (Phi) is 6.08. The third-order valence-electron chi connectivity index (χ3n) is 3.03. The summed E-state index contributed by atoms with van der Waals surface area (Å²) in [6, 6.07) is 9.17. The zero-order valence-electron chi connectivity index (χ0n) is 12.5. The van der Waals surface area contributed by atoms with Gasteiger partial charge in [-0.3, -0.25) is 0 Å². The number of carboxylic acid groups (broad SMARTS) is 2. The highest BCUT2D eigenvalue weighted by Gasteiger charge is 2.17. The van der Waals surface area contributed by atoms with Crippen LogP contribution in [0.1, 0.15) is 19.4 Å². The van der Waals surface area contributed by atoms with Crippen molar-refractivity contribution in [1.29, 1.82) is 0 Å². The molecule has 0 saturated carbocycles. The molecule has 1 rings (SSSR count). The maximum atomic E-state index is 11.5. The molecule has 0 unspecified atom stereocenters. The Morgan fingerprint density at radius 1 is 0.955 bits per heavy atom. The summed E-state index contributed by atoms with van der Waals surface area (Å²) in [4.78, 5) is 22.8. The molecule has 0 amide bonds. The van der Waals surface area contributed by atoms with Gasteiger partial charge in [0.05, 0.1) is 11.1 Å². The monoisotopic (exact) mass is 298 g/mol. The molecule has 1 aromatic rings. The van der Waals surface area contributed by atoms with E-state index in [1.807, 2.05) is 30.3 Å². The van der Waals surface area contributed by atoms with Crippen LogP contribution in [0.5, 0.6) is 0 Å². The van der Waals surface area contributed by atoms with E-state index in [-0.39, 0.29) is 11.1 Å². The van der Waals surface area contributed by atoms with Gasteiger partial charge in [0.2, 0.25) is 0 Å². The van der Waals surface area contributed by atoms with Gasteiger partial charge in [0.25, 0.3) is 0 Å². The van der Waals surface area contributed by atoms with Crippen molar-refractivity contribution < 1.29 is 19.8 Å². The summed E-state index contributed by atoms with van der Waals surface area (Å²) >= 11 is 0. The molecule has 22 heavy (non-hydrogen) atoms. The molecule has 0 atom stereocenters. The molecular weight excluding hydrogens is 280 g/mol. The van der Waals surface area contributed by atoms with E-state index in [1.165, 1.54) is 18.2 Å². The number of hydrogen-bond acceptors (Lipinski definition) is 2. The van der Waals surface area contributed by atoms with E-state index >= 15 is 0 Å². The molecule has 0 spiro atoms. The zero-order chi connectivity index (χ0) is 16.7. The van der Waals surface area contributed by atoms with Crippen molar-refractivity contribution in [2.75, 3.05) is 0 Å². The molecule has 0 aliphatic heterocycles. The first-order valence-electron chi connectivity index (χ1n) is 6.62. The molecule has 0 heterocycles. The largest absolute Gasteiger partial charge is 0.478 e. The molecule has 0 radical (unpaired) electrons. The highest BCUT2D eigenvalue weighted by Crippen LogP contribution is 2.19. The minimum Gasteiger partial charge on any atom is -0.478 e. The molecule has 2 N–H and O–H groups in total. The van der Waals surface area contributed by atoms with E-state index in [1.54, 1.807) is 13.8 Å². The number of hydrogen-bond donors (Lipinski definition) is 2. The predicted molar refractivity (Wildman–Crippen MR) is 86.3 cm³/mol. The second-order valence-electron chi connectivity index (χ2n) is 4.72. The summed E-state index contributed by atoms with van der Waals surface area (Å²) in [5.74, 6) is -2.59. The Morgan fingerprint density at radius 2 is 1.45 bits per heavy atom. The van der Waals surface area contributed by atoms with Gasteiger partial charge in [-0.05, 0) is 37.1 Å². The van der Waals surface area contributed by atoms with Crippen LogP contribution in [0.15, 0.2) is 71.9 Å². The standard InChI is InChI=1S/C18H18O4/c1-4-12(2)10-15(17(19)20)16(18(21)22)11-13(3)14-8-6-5-7-9-14/h4-11H,1H2,2-3H3,(H,19,20)(H,21,22). The van der Waals surface area contributed by atoms with Crippen LogP contribution >= 0.6 is 0 Å². The van der Waals surface area contributed by atoms with Gasteiger partial charge in [-0.2, -0.15) is 0 Å². The molecule has 4 heteroatoms. The average Bonchev–Trinajstić information content (AvgIpc) is 2.50. The number of benzene rings is 1. The van der Waals surface area contributed by atoms with Crippen molar-refractivity contribution in [3.8, 4) is 0 Å². The lowest BCUT2D eigenvalue weighted by molar-refractivity contribution is -0.135. The van der Waals surface area contributed by atoms with Crippen molar-refractivity contribution in [3.63, 3.8) is 0 Å². The summed E-state index contributed by atoms with van der Waals surface area (Å²) < 4.78 is 0. The molecular formula is C18H18O4. The van der Waals surface area contributed by atoms with Crippen LogP contribution in [0.25, 0.3) is 5.57 Å². The number of carboxylic acids is 2. The summed E-state index contributed by atoms with van der Waals surface area (Å²) in [7, 11) is 0. The van der Waals surface area contributed by atoms with E-state index < -0.39 is 11.9 Å². The molecule has 4 nitrogen and oxygen atoms in total. The van der Waals surface area contributed by atoms with E-state index in [0.29, 0.717) is 11.1 Å². The summed E-state index contributed by atoms with van der Waals surface area (Å²) in [5.41, 5.74) is 1.52. The van der Waals surface area contributed by atoms with Crippen molar-refractivity contribution in [3.05, 3.63) is 77.4 Å². The molecule has 114 valence electrons. The van der Waals surface area contributed by atoms with Gasteiger partial charge >= 0.3 is 11.9 Å². The maximum absolute atomic E-state index is 11.5. The number of aliphatic carboxylic acids is 2. The van der Waals surface area contributed by atoms with Crippen molar-refractivity contribution >= 4 is 17.5 Å². The molecule has 0 aliphatic carbocycles. The van der Waals surface area contributed by atoms with Gasteiger partial charge < -0.3 is 10.2 Å². The maximum Gasteiger partial charge on any atom is 0.336 e. The van der Waals surface area contributed by atoms with Crippen molar-refractivity contribution in [2.45, 2.75) is 13.8 Å². The fraction of sp³-hybridized carbons (Fsp3) is 0.111. The third-order valence-corrected chi connectivity index (χ3v) is 3.03. The minimum atomic E-state index is -1.30. The highest BCUT2D eigenvalue weighted by atomic mass is 16.4. The summed E-state index contributed by atoms with van der Waals surface area (Å²) in [6.45, 7) is 6.93. The number of carbonyl (C=O) groups is 2. The van der Waals surface area contributed by atoms with E-state index in [9.17, 15) is 19.8 Å². The lowest BCUT2D eigenvalue weighted by atomic mass is 10.00. The normalized spacial score (nSPS) is 13.4. The number of rotatable bonds is 6. The molecule has 0 aromatic heterocycles. The fourth-order valence-corrected chi connectivity index (χ4v) is 1.80. The SMILES string of the molecule is C=CC(C)=CC(C(=O)O)=C(C=C(C)c1ccccc1)C(=O)O. The first-order chi connectivity index (χ1) is 10.4. The first kappa shape index (κ1) is 17.2. The van der Waals surface area contributed by atoms with E-state index in [0.717, 1.165) is 5.56 Å². The van der Waals surface area contributed by atoms with Crippen LogP contribution in [0, 0.1) is 0 Å². The molecule has 0 fully saturated rings. The minimum absolute atomic E-state index is 0.268. The Hall–Kier alpha value is -2.88. The van der Waals surface area contributed by atoms with Gasteiger partial charge in [-0.1, -0.05) is 48.6 Å². The first-order valence-corrected chi connectivity index (χ1v) is 6.62. The van der Waals surface area contributed by atoms with Gasteiger partial charge in [0.1, 0.15) is 0 Å². The average molecular weight is 298 g/mol. The third kappa shape index (κ3) is 4.59. The molecule has 0 bridgehead atoms. The highest BCUT2D eigenvalue weighted by molar-refractivity contribution is 6.04. The number of allylic oxidation sites excluding steroid dienone is 3. The topological polar surface area (TPSA) is 74.6 Å². The van der Waals surface area contributed by atoms with Gasteiger partial charge in [-0.25, -0.2) is 9.59 Å². The van der Waals surface area contributed by atoms with Crippen LogP contribution in [0.3, 0.4) is 0 Å². The lowest BCUT2D eigenvalue weighted by Gasteiger charge is -2.05. The molecule has 0 saturated heterocycles. The Balaban J connectivity index is 3.49. The Labute approximate surface area is 129 Å². The smallest absolute Gasteiger partial charge is 0.336 e. The van der Waals surface area contributed by atoms with Crippen LogP contribution in [-0.2, 0) is 9.59 Å².